The third-order valence-corrected chi connectivity index (χ3v) is 5.67. The molecule has 1 atom stereocenters. The molecule has 1 aromatic carbocycles. The number of halogens is 1. The van der Waals surface area contributed by atoms with Gasteiger partial charge in [-0.15, -0.1) is 22.9 Å². The van der Waals surface area contributed by atoms with Crippen LogP contribution in [-0.2, 0) is 10.0 Å². The van der Waals surface area contributed by atoms with Gasteiger partial charge in [0.1, 0.15) is 0 Å². The number of rotatable bonds is 5. The van der Waals surface area contributed by atoms with Gasteiger partial charge in [-0.1, -0.05) is 30.3 Å². The number of alkyl halides is 1. The van der Waals surface area contributed by atoms with Crippen LogP contribution in [0.15, 0.2) is 40.7 Å². The summed E-state index contributed by atoms with van der Waals surface area (Å²) < 4.78 is 27.2. The third kappa shape index (κ3) is 3.54. The Bertz CT molecular complexity index is 641. The molecule has 0 aliphatic carbocycles. The Kier molecular flexibility index (Phi) is 4.57. The molecule has 1 N–H and O–H groups in total. The van der Waals surface area contributed by atoms with Crippen molar-refractivity contribution in [2.45, 2.75) is 17.2 Å². The molecule has 0 spiro atoms. The van der Waals surface area contributed by atoms with Gasteiger partial charge in [-0.25, -0.2) is 18.1 Å². The largest absolute Gasteiger partial charge is 0.252 e. The number of sulfonamides is 1. The van der Waals surface area contributed by atoms with Crippen LogP contribution in [0.4, 0.5) is 0 Å². The normalized spacial score (nSPS) is 13.4. The van der Waals surface area contributed by atoms with Gasteiger partial charge in [-0.2, -0.15) is 0 Å². The average Bonchev–Trinajstić information content (AvgIpc) is 2.85. The molecule has 0 fully saturated rings. The molecule has 1 heterocycles. The van der Waals surface area contributed by atoms with Gasteiger partial charge in [0.25, 0.3) is 10.0 Å². The van der Waals surface area contributed by atoms with E-state index in [4.69, 9.17) is 11.6 Å². The van der Waals surface area contributed by atoms with Gasteiger partial charge < -0.3 is 0 Å². The van der Waals surface area contributed by atoms with E-state index in [2.05, 4.69) is 9.71 Å². The predicted octanol–water partition coefficient (Wildman–Crippen LogP) is 2.71. The summed E-state index contributed by atoms with van der Waals surface area (Å²) in [7, 11) is -3.58. The molecule has 1 aromatic heterocycles. The van der Waals surface area contributed by atoms with Crippen molar-refractivity contribution in [1.82, 2.24) is 9.71 Å². The molecule has 2 rings (SSSR count). The molecule has 0 saturated heterocycles. The highest BCUT2D eigenvalue weighted by Gasteiger charge is 2.22. The predicted molar refractivity (Wildman–Crippen MR) is 77.1 cm³/mol. The Morgan fingerprint density at radius 1 is 1.37 bits per heavy atom. The van der Waals surface area contributed by atoms with E-state index in [9.17, 15) is 8.42 Å². The average molecular weight is 317 g/mol. The highest BCUT2D eigenvalue weighted by atomic mass is 35.5. The van der Waals surface area contributed by atoms with E-state index in [0.717, 1.165) is 16.9 Å². The molecule has 4 nitrogen and oxygen atoms in total. The van der Waals surface area contributed by atoms with Gasteiger partial charge in [-0.05, 0) is 12.5 Å². The lowest BCUT2D eigenvalue weighted by Gasteiger charge is -2.15. The fraction of sp³-hybridized carbons (Fsp3) is 0.250. The Morgan fingerprint density at radius 2 is 2.05 bits per heavy atom. The summed E-state index contributed by atoms with van der Waals surface area (Å²) in [5, 5.41) is 0.711. The smallest absolute Gasteiger partial charge is 0.249 e. The van der Waals surface area contributed by atoms with Crippen molar-refractivity contribution >= 4 is 33.0 Å². The first-order valence-corrected chi connectivity index (χ1v) is 8.42. The topological polar surface area (TPSA) is 59.1 Å². The number of aryl methyl sites for hydroxylation is 1. The molecule has 0 aliphatic heterocycles. The first kappa shape index (κ1) is 14.5. The fourth-order valence-electron chi connectivity index (χ4n) is 1.59. The molecule has 19 heavy (non-hydrogen) atoms. The first-order valence-electron chi connectivity index (χ1n) is 5.58. The molecule has 1 unspecified atom stereocenters. The lowest BCUT2D eigenvalue weighted by molar-refractivity contribution is 0.570. The number of nitrogens with one attached hydrogen (secondary N) is 1. The lowest BCUT2D eigenvalue weighted by Crippen LogP contribution is -2.29. The van der Waals surface area contributed by atoms with Crippen LogP contribution in [0.25, 0.3) is 0 Å². The minimum absolute atomic E-state index is 0.168. The van der Waals surface area contributed by atoms with Crippen LogP contribution in [0, 0.1) is 6.92 Å². The maximum Gasteiger partial charge on any atom is 0.252 e. The van der Waals surface area contributed by atoms with Crippen LogP contribution < -0.4 is 4.72 Å². The van der Waals surface area contributed by atoms with E-state index in [1.165, 1.54) is 6.20 Å². The summed E-state index contributed by atoms with van der Waals surface area (Å²) in [5.74, 6) is 0.168. The summed E-state index contributed by atoms with van der Waals surface area (Å²) in [6.45, 7) is 1.76. The quantitative estimate of drug-likeness (QED) is 0.863. The van der Waals surface area contributed by atoms with E-state index >= 15 is 0 Å². The number of nitrogens with zero attached hydrogens (tertiary/aromatic N) is 1. The zero-order valence-corrected chi connectivity index (χ0v) is 12.6. The van der Waals surface area contributed by atoms with Crippen LogP contribution in [0.1, 0.15) is 16.6 Å². The van der Waals surface area contributed by atoms with Crippen molar-refractivity contribution < 1.29 is 8.42 Å². The Morgan fingerprint density at radius 3 is 2.58 bits per heavy atom. The van der Waals surface area contributed by atoms with Crippen LogP contribution in [0.3, 0.4) is 0 Å². The SMILES string of the molecule is Cc1ncc(S(=O)(=O)NC(CCl)c2ccccc2)s1. The second kappa shape index (κ2) is 6.00. The molecule has 2 aromatic rings. The summed E-state index contributed by atoms with van der Waals surface area (Å²) in [6.07, 6.45) is 1.36. The summed E-state index contributed by atoms with van der Waals surface area (Å²) in [5.41, 5.74) is 0.835. The van der Waals surface area contributed by atoms with E-state index < -0.39 is 16.1 Å². The second-order valence-corrected chi connectivity index (χ2v) is 7.42. The van der Waals surface area contributed by atoms with Crippen molar-refractivity contribution in [2.75, 3.05) is 5.88 Å². The molecular formula is C12H13ClN2O2S2. The van der Waals surface area contributed by atoms with Crippen LogP contribution in [0.5, 0.6) is 0 Å². The highest BCUT2D eigenvalue weighted by Crippen LogP contribution is 2.22. The van der Waals surface area contributed by atoms with Gasteiger partial charge in [0.2, 0.25) is 0 Å². The Balaban J connectivity index is 2.23. The van der Waals surface area contributed by atoms with Gasteiger partial charge in [0, 0.05) is 5.88 Å². The molecule has 0 radical (unpaired) electrons. The molecule has 0 amide bonds. The van der Waals surface area contributed by atoms with Gasteiger partial charge in [0.05, 0.1) is 17.2 Å². The van der Waals surface area contributed by atoms with Crippen LogP contribution in [-0.4, -0.2) is 19.3 Å². The molecule has 7 heteroatoms. The summed E-state index contributed by atoms with van der Waals surface area (Å²) >= 11 is 7.00. The van der Waals surface area contributed by atoms with E-state index in [1.54, 1.807) is 6.92 Å². The van der Waals surface area contributed by atoms with Crippen molar-refractivity contribution in [3.05, 3.63) is 47.1 Å². The lowest BCUT2D eigenvalue weighted by atomic mass is 10.1. The Labute approximate surface area is 121 Å². The molecule has 0 aliphatic rings. The molecular weight excluding hydrogens is 304 g/mol. The number of hydrogen-bond acceptors (Lipinski definition) is 4. The number of hydrogen-bond donors (Lipinski definition) is 1. The Hall–Kier alpha value is -0.950. The molecule has 0 saturated carbocycles. The zero-order chi connectivity index (χ0) is 13.9. The van der Waals surface area contributed by atoms with Gasteiger partial charge >= 0.3 is 0 Å². The zero-order valence-electron chi connectivity index (χ0n) is 10.2. The van der Waals surface area contributed by atoms with Crippen LogP contribution in [0.2, 0.25) is 0 Å². The van der Waals surface area contributed by atoms with Crippen molar-refractivity contribution in [3.63, 3.8) is 0 Å². The first-order chi connectivity index (χ1) is 9.03. The maximum atomic E-state index is 12.2. The standard InChI is InChI=1S/C12H13ClN2O2S2/c1-9-14-8-12(18-9)19(16,17)15-11(7-13)10-5-3-2-4-6-10/h2-6,8,11,15H,7H2,1H3. The minimum Gasteiger partial charge on any atom is -0.249 e. The van der Waals surface area contributed by atoms with E-state index in [1.807, 2.05) is 30.3 Å². The monoisotopic (exact) mass is 316 g/mol. The fourth-order valence-corrected chi connectivity index (χ4v) is 4.28. The second-order valence-electron chi connectivity index (χ2n) is 3.94. The minimum atomic E-state index is -3.58. The van der Waals surface area contributed by atoms with Crippen molar-refractivity contribution in [2.24, 2.45) is 0 Å². The van der Waals surface area contributed by atoms with Crippen molar-refractivity contribution in [3.8, 4) is 0 Å². The summed E-state index contributed by atoms with van der Waals surface area (Å²) in [4.78, 5) is 3.96. The third-order valence-electron chi connectivity index (χ3n) is 2.52. The highest BCUT2D eigenvalue weighted by molar-refractivity contribution is 7.91. The van der Waals surface area contributed by atoms with Crippen LogP contribution >= 0.6 is 22.9 Å². The summed E-state index contributed by atoms with van der Waals surface area (Å²) in [6, 6.07) is 8.80. The van der Waals surface area contributed by atoms with Gasteiger partial charge in [-0.3, -0.25) is 0 Å². The van der Waals surface area contributed by atoms with E-state index in [0.29, 0.717) is 5.01 Å². The number of benzene rings is 1. The van der Waals surface area contributed by atoms with E-state index in [-0.39, 0.29) is 10.1 Å². The van der Waals surface area contributed by atoms with Gasteiger partial charge in [0.15, 0.2) is 4.21 Å². The molecule has 102 valence electrons. The molecule has 0 bridgehead atoms. The number of thiazole rings is 1. The van der Waals surface area contributed by atoms with Crippen molar-refractivity contribution in [1.29, 1.82) is 0 Å². The maximum absolute atomic E-state index is 12.2. The number of aromatic nitrogens is 1.